The zero-order valence-electron chi connectivity index (χ0n) is 12.1. The summed E-state index contributed by atoms with van der Waals surface area (Å²) < 4.78 is 0. The Labute approximate surface area is 134 Å². The predicted molar refractivity (Wildman–Crippen MR) is 85.1 cm³/mol. The maximum atomic E-state index is 12.2. The molecular weight excluding hydrogens is 317 g/mol. The largest absolute Gasteiger partial charge is 0.345 e. The van der Waals surface area contributed by atoms with Gasteiger partial charge in [0.2, 0.25) is 0 Å². The minimum atomic E-state index is -0.634. The highest BCUT2D eigenvalue weighted by Crippen LogP contribution is 2.24. The summed E-state index contributed by atoms with van der Waals surface area (Å²) in [6.07, 6.45) is 0. The average Bonchev–Trinajstić information content (AvgIpc) is 2.37. The normalized spacial score (nSPS) is 13.2. The van der Waals surface area contributed by atoms with Crippen molar-refractivity contribution < 1.29 is 9.72 Å². The number of benzene rings is 1. The van der Waals surface area contributed by atoms with E-state index in [-0.39, 0.29) is 41.1 Å². The first-order chi connectivity index (χ1) is 9.21. The van der Waals surface area contributed by atoms with Gasteiger partial charge < -0.3 is 11.1 Å². The molecule has 0 aliphatic heterocycles. The molecule has 21 heavy (non-hydrogen) atoms. The number of amides is 1. The lowest BCUT2D eigenvalue weighted by Gasteiger charge is -2.33. The second-order valence-electron chi connectivity index (χ2n) is 5.15. The van der Waals surface area contributed by atoms with Gasteiger partial charge in [-0.1, -0.05) is 25.4 Å². The van der Waals surface area contributed by atoms with Crippen LogP contribution >= 0.6 is 24.0 Å². The quantitative estimate of drug-likeness (QED) is 0.638. The van der Waals surface area contributed by atoms with E-state index in [1.165, 1.54) is 12.1 Å². The fourth-order valence-corrected chi connectivity index (χ4v) is 1.77. The zero-order chi connectivity index (χ0) is 15.5. The standard InChI is InChI=1S/C13H18ClN3O3.ClH/c1-8(2)13(3,7-15)16-12(18)10-5-4-9(14)6-11(10)17(19)20;/h4-6,8H,7,15H2,1-3H3,(H,16,18);1H. The number of hydrogen-bond donors (Lipinski definition) is 2. The monoisotopic (exact) mass is 335 g/mol. The van der Waals surface area contributed by atoms with E-state index < -0.39 is 16.4 Å². The maximum absolute atomic E-state index is 12.2. The SMILES string of the molecule is CC(C)C(C)(CN)NC(=O)c1ccc(Cl)cc1[N+](=O)[O-].Cl. The van der Waals surface area contributed by atoms with Crippen LogP contribution < -0.4 is 11.1 Å². The van der Waals surface area contributed by atoms with E-state index in [4.69, 9.17) is 17.3 Å². The van der Waals surface area contributed by atoms with E-state index in [2.05, 4.69) is 5.32 Å². The molecule has 0 aromatic heterocycles. The van der Waals surface area contributed by atoms with Crippen LogP contribution in [0.4, 0.5) is 5.69 Å². The van der Waals surface area contributed by atoms with Crippen LogP contribution in [-0.4, -0.2) is 22.9 Å². The van der Waals surface area contributed by atoms with E-state index in [0.717, 1.165) is 6.07 Å². The number of rotatable bonds is 5. The molecule has 0 bridgehead atoms. The topological polar surface area (TPSA) is 98.3 Å². The van der Waals surface area contributed by atoms with E-state index in [0.29, 0.717) is 0 Å². The van der Waals surface area contributed by atoms with Crippen LogP contribution in [0, 0.1) is 16.0 Å². The lowest BCUT2D eigenvalue weighted by atomic mass is 9.88. The molecule has 1 aromatic carbocycles. The van der Waals surface area contributed by atoms with Gasteiger partial charge in [0.1, 0.15) is 5.56 Å². The molecule has 0 heterocycles. The summed E-state index contributed by atoms with van der Waals surface area (Å²) in [6, 6.07) is 3.94. The molecule has 1 aromatic rings. The molecule has 1 unspecified atom stereocenters. The molecule has 0 spiro atoms. The molecule has 0 saturated carbocycles. The van der Waals surface area contributed by atoms with Crippen molar-refractivity contribution in [2.24, 2.45) is 11.7 Å². The first-order valence-corrected chi connectivity index (χ1v) is 6.55. The highest BCUT2D eigenvalue weighted by Gasteiger charge is 2.31. The second-order valence-corrected chi connectivity index (χ2v) is 5.59. The second kappa shape index (κ2) is 7.59. The van der Waals surface area contributed by atoms with E-state index in [1.807, 2.05) is 13.8 Å². The van der Waals surface area contributed by atoms with Crippen LogP contribution in [0.3, 0.4) is 0 Å². The molecule has 0 radical (unpaired) electrons. The Bertz CT molecular complexity index is 537. The Balaban J connectivity index is 0.00000400. The minimum Gasteiger partial charge on any atom is -0.345 e. The smallest absolute Gasteiger partial charge is 0.283 e. The number of halogens is 2. The number of hydrogen-bond acceptors (Lipinski definition) is 4. The van der Waals surface area contributed by atoms with Gasteiger partial charge in [-0.05, 0) is 25.0 Å². The van der Waals surface area contributed by atoms with Gasteiger partial charge in [0.25, 0.3) is 11.6 Å². The van der Waals surface area contributed by atoms with Gasteiger partial charge in [0, 0.05) is 17.6 Å². The Morgan fingerprint density at radius 1 is 1.52 bits per heavy atom. The van der Waals surface area contributed by atoms with Gasteiger partial charge in [-0.2, -0.15) is 0 Å². The lowest BCUT2D eigenvalue weighted by molar-refractivity contribution is -0.385. The molecule has 8 heteroatoms. The molecule has 1 rings (SSSR count). The van der Waals surface area contributed by atoms with Crippen LogP contribution in [0.1, 0.15) is 31.1 Å². The Hall–Kier alpha value is -1.37. The van der Waals surface area contributed by atoms with Gasteiger partial charge in [-0.3, -0.25) is 14.9 Å². The molecule has 0 fully saturated rings. The van der Waals surface area contributed by atoms with Crippen molar-refractivity contribution in [3.8, 4) is 0 Å². The molecule has 118 valence electrons. The zero-order valence-corrected chi connectivity index (χ0v) is 13.6. The average molecular weight is 336 g/mol. The summed E-state index contributed by atoms with van der Waals surface area (Å²) in [6.45, 7) is 5.88. The molecule has 3 N–H and O–H groups in total. The first kappa shape index (κ1) is 19.6. The summed E-state index contributed by atoms with van der Waals surface area (Å²) in [4.78, 5) is 22.6. The molecule has 1 amide bonds. The number of carbonyl (C=O) groups excluding carboxylic acids is 1. The molecule has 0 saturated heterocycles. The third-order valence-electron chi connectivity index (χ3n) is 3.50. The number of nitrogens with one attached hydrogen (secondary N) is 1. The fraction of sp³-hybridized carbons (Fsp3) is 0.462. The molecular formula is C13H19Cl2N3O3. The van der Waals surface area contributed by atoms with Crippen molar-refractivity contribution in [3.05, 3.63) is 38.9 Å². The van der Waals surface area contributed by atoms with Crippen molar-refractivity contribution in [2.75, 3.05) is 6.54 Å². The van der Waals surface area contributed by atoms with Gasteiger partial charge in [-0.25, -0.2) is 0 Å². The summed E-state index contributed by atoms with van der Waals surface area (Å²) in [5, 5.41) is 14.0. The first-order valence-electron chi connectivity index (χ1n) is 6.18. The highest BCUT2D eigenvalue weighted by atomic mass is 35.5. The van der Waals surface area contributed by atoms with Gasteiger partial charge >= 0.3 is 0 Å². The number of carbonyl (C=O) groups is 1. The van der Waals surface area contributed by atoms with E-state index >= 15 is 0 Å². The molecule has 6 nitrogen and oxygen atoms in total. The third kappa shape index (κ3) is 4.56. The van der Waals surface area contributed by atoms with Crippen LogP contribution in [0.25, 0.3) is 0 Å². The third-order valence-corrected chi connectivity index (χ3v) is 3.73. The maximum Gasteiger partial charge on any atom is 0.283 e. The van der Waals surface area contributed by atoms with Crippen molar-refractivity contribution in [1.82, 2.24) is 5.32 Å². The minimum absolute atomic E-state index is 0. The number of nitro groups is 1. The summed E-state index contributed by atoms with van der Waals surface area (Å²) in [7, 11) is 0. The Kier molecular flexibility index (Phi) is 7.09. The lowest BCUT2D eigenvalue weighted by Crippen LogP contribution is -2.55. The molecule has 0 aliphatic carbocycles. The number of nitro benzene ring substituents is 1. The van der Waals surface area contributed by atoms with Crippen molar-refractivity contribution >= 4 is 35.6 Å². The van der Waals surface area contributed by atoms with Crippen LogP contribution in [-0.2, 0) is 0 Å². The number of nitrogens with two attached hydrogens (primary N) is 1. The van der Waals surface area contributed by atoms with Crippen molar-refractivity contribution in [3.63, 3.8) is 0 Å². The number of nitrogens with zero attached hydrogens (tertiary/aromatic N) is 1. The van der Waals surface area contributed by atoms with E-state index in [9.17, 15) is 14.9 Å². The van der Waals surface area contributed by atoms with Gasteiger partial charge in [0.05, 0.1) is 10.5 Å². The highest BCUT2D eigenvalue weighted by molar-refractivity contribution is 6.31. The van der Waals surface area contributed by atoms with E-state index in [1.54, 1.807) is 6.92 Å². The summed E-state index contributed by atoms with van der Waals surface area (Å²) in [5.74, 6) is -0.446. The van der Waals surface area contributed by atoms with Crippen LogP contribution in [0.15, 0.2) is 18.2 Å². The van der Waals surface area contributed by atoms with Crippen molar-refractivity contribution in [2.45, 2.75) is 26.3 Å². The summed E-state index contributed by atoms with van der Waals surface area (Å²) in [5.41, 5.74) is 4.70. The molecule has 0 aliphatic rings. The Morgan fingerprint density at radius 3 is 2.52 bits per heavy atom. The van der Waals surface area contributed by atoms with Gasteiger partial charge in [0.15, 0.2) is 0 Å². The van der Waals surface area contributed by atoms with Gasteiger partial charge in [-0.15, -0.1) is 12.4 Å². The molecule has 1 atom stereocenters. The van der Waals surface area contributed by atoms with Crippen LogP contribution in [0.5, 0.6) is 0 Å². The fourth-order valence-electron chi connectivity index (χ4n) is 1.61. The summed E-state index contributed by atoms with van der Waals surface area (Å²) >= 11 is 5.72. The van der Waals surface area contributed by atoms with Crippen molar-refractivity contribution in [1.29, 1.82) is 0 Å². The Morgan fingerprint density at radius 2 is 2.10 bits per heavy atom. The van der Waals surface area contributed by atoms with Crippen LogP contribution in [0.2, 0.25) is 5.02 Å². The predicted octanol–water partition coefficient (Wildman–Crippen LogP) is 2.77.